The van der Waals surface area contributed by atoms with E-state index in [1.165, 1.54) is 12.1 Å². The minimum absolute atomic E-state index is 0.00654. The predicted molar refractivity (Wildman–Crippen MR) is 107 cm³/mol. The normalized spacial score (nSPS) is 12.7. The van der Waals surface area contributed by atoms with Gasteiger partial charge in [0.2, 0.25) is 9.74 Å². The first-order valence-electron chi connectivity index (χ1n) is 8.57. The van der Waals surface area contributed by atoms with Crippen molar-refractivity contribution in [1.82, 2.24) is 15.0 Å². The van der Waals surface area contributed by atoms with Gasteiger partial charge in [0.05, 0.1) is 0 Å². The second-order valence-electron chi connectivity index (χ2n) is 6.30. The number of nitrogens with two attached hydrogens (primary N) is 1. The van der Waals surface area contributed by atoms with E-state index < -0.39 is 21.4 Å². The van der Waals surface area contributed by atoms with Gasteiger partial charge >= 0.3 is 6.36 Å². The van der Waals surface area contributed by atoms with Gasteiger partial charge < -0.3 is 15.8 Å². The first kappa shape index (κ1) is 23.7. The van der Waals surface area contributed by atoms with Crippen molar-refractivity contribution in [2.45, 2.75) is 42.4 Å². The van der Waals surface area contributed by atoms with Crippen LogP contribution in [0.15, 0.2) is 24.3 Å². The number of halogens is 6. The van der Waals surface area contributed by atoms with E-state index in [1.54, 1.807) is 0 Å². The minimum Gasteiger partial charge on any atom is -0.406 e. The molecule has 0 bridgehead atoms. The molecule has 6 nitrogen and oxygen atoms in total. The van der Waals surface area contributed by atoms with Crippen LogP contribution in [0.3, 0.4) is 0 Å². The fraction of sp³-hybridized carbons (Fsp3) is 0.471. The van der Waals surface area contributed by atoms with Gasteiger partial charge in [-0.25, -0.2) is 4.98 Å². The number of nitrogens with zero attached hydrogens (tertiary/aromatic N) is 3. The Hall–Kier alpha value is -1.55. The molecule has 0 amide bonds. The number of hydrogen-bond donors (Lipinski definition) is 2. The average Bonchev–Trinajstić information content (AvgIpc) is 2.64. The van der Waals surface area contributed by atoms with Gasteiger partial charge in [0.15, 0.2) is 11.6 Å². The van der Waals surface area contributed by atoms with Crippen molar-refractivity contribution in [3.05, 3.63) is 30.1 Å². The SMILES string of the molecule is CCC(N)(CC)CNc1nc(-c2cccc(OC(F)(F)F)c2)nc(C(Cl)(Cl)Cl)n1. The van der Waals surface area contributed by atoms with E-state index in [0.29, 0.717) is 19.4 Å². The molecule has 29 heavy (non-hydrogen) atoms. The number of anilines is 1. The fourth-order valence-corrected chi connectivity index (χ4v) is 2.55. The molecule has 0 aliphatic rings. The standard InChI is InChI=1S/C17H19Cl3F3N5O/c1-3-15(24,4-2)9-25-14-27-12(26-13(28-14)16(18,19)20)10-6-5-7-11(8-10)29-17(21,22)23/h5-8H,3-4,9,24H2,1-2H3,(H,25,26,27,28). The Morgan fingerprint density at radius 2 is 1.72 bits per heavy atom. The molecule has 2 aromatic rings. The molecule has 3 N–H and O–H groups in total. The maximum atomic E-state index is 12.5. The molecule has 2 rings (SSSR count). The zero-order chi connectivity index (χ0) is 21.9. The molecule has 0 fully saturated rings. The molecule has 1 aromatic heterocycles. The maximum Gasteiger partial charge on any atom is 0.573 e. The van der Waals surface area contributed by atoms with Crippen LogP contribution in [0, 0.1) is 0 Å². The molecule has 0 atom stereocenters. The van der Waals surface area contributed by atoms with E-state index in [1.807, 2.05) is 13.8 Å². The highest BCUT2D eigenvalue weighted by atomic mass is 35.6. The van der Waals surface area contributed by atoms with Gasteiger partial charge in [0.1, 0.15) is 5.75 Å². The van der Waals surface area contributed by atoms with E-state index in [-0.39, 0.29) is 23.2 Å². The first-order valence-corrected chi connectivity index (χ1v) is 9.71. The smallest absolute Gasteiger partial charge is 0.406 e. The van der Waals surface area contributed by atoms with E-state index in [0.717, 1.165) is 12.1 Å². The summed E-state index contributed by atoms with van der Waals surface area (Å²) >= 11 is 17.7. The Kier molecular flexibility index (Phi) is 7.42. The van der Waals surface area contributed by atoms with Crippen molar-refractivity contribution in [2.24, 2.45) is 5.73 Å². The lowest BCUT2D eigenvalue weighted by atomic mass is 9.94. The molecule has 1 heterocycles. The first-order chi connectivity index (χ1) is 13.3. The summed E-state index contributed by atoms with van der Waals surface area (Å²) in [5.74, 6) is -0.534. The quantitative estimate of drug-likeness (QED) is 0.539. The van der Waals surface area contributed by atoms with Crippen LogP contribution >= 0.6 is 34.8 Å². The second-order valence-corrected chi connectivity index (χ2v) is 8.58. The molecular formula is C17H19Cl3F3N5O. The molecule has 0 saturated carbocycles. The highest BCUT2D eigenvalue weighted by Crippen LogP contribution is 2.37. The summed E-state index contributed by atoms with van der Waals surface area (Å²) in [6.07, 6.45) is -3.44. The van der Waals surface area contributed by atoms with Gasteiger partial charge in [-0.1, -0.05) is 60.8 Å². The molecule has 0 unspecified atom stereocenters. The average molecular weight is 473 g/mol. The third-order valence-corrected chi connectivity index (χ3v) is 4.73. The summed E-state index contributed by atoms with van der Waals surface area (Å²) in [6.45, 7) is 4.23. The third-order valence-electron chi connectivity index (χ3n) is 4.22. The van der Waals surface area contributed by atoms with Crippen molar-refractivity contribution < 1.29 is 17.9 Å². The summed E-state index contributed by atoms with van der Waals surface area (Å²) in [4.78, 5) is 12.4. The molecule has 0 spiro atoms. The number of benzene rings is 1. The van der Waals surface area contributed by atoms with Gasteiger partial charge in [-0.05, 0) is 25.0 Å². The van der Waals surface area contributed by atoms with E-state index in [9.17, 15) is 13.2 Å². The molecule has 1 aromatic carbocycles. The van der Waals surface area contributed by atoms with Crippen molar-refractivity contribution in [1.29, 1.82) is 0 Å². The molecule has 0 aliphatic heterocycles. The van der Waals surface area contributed by atoms with Crippen molar-refractivity contribution in [3.8, 4) is 17.1 Å². The van der Waals surface area contributed by atoms with Crippen molar-refractivity contribution >= 4 is 40.8 Å². The Labute approximate surface area is 180 Å². The predicted octanol–water partition coefficient (Wildman–Crippen LogP) is 5.19. The van der Waals surface area contributed by atoms with Gasteiger partial charge in [-0.3, -0.25) is 0 Å². The number of ether oxygens (including phenoxy) is 1. The van der Waals surface area contributed by atoms with Crippen LogP contribution in [0.25, 0.3) is 11.4 Å². The lowest BCUT2D eigenvalue weighted by Crippen LogP contribution is -2.45. The summed E-state index contributed by atoms with van der Waals surface area (Å²) in [5, 5.41) is 2.99. The van der Waals surface area contributed by atoms with Crippen LogP contribution in [-0.2, 0) is 3.79 Å². The minimum atomic E-state index is -4.84. The fourth-order valence-electron chi connectivity index (χ4n) is 2.30. The van der Waals surface area contributed by atoms with Crippen LogP contribution < -0.4 is 15.8 Å². The van der Waals surface area contributed by atoms with Gasteiger partial charge in [0, 0.05) is 17.6 Å². The number of alkyl halides is 6. The van der Waals surface area contributed by atoms with Gasteiger partial charge in [-0.2, -0.15) is 9.97 Å². The molecule has 0 radical (unpaired) electrons. The number of nitrogens with one attached hydrogen (secondary N) is 1. The summed E-state index contributed by atoms with van der Waals surface area (Å²) < 4.78 is 39.5. The Bertz CT molecular complexity index is 842. The van der Waals surface area contributed by atoms with Crippen molar-refractivity contribution in [3.63, 3.8) is 0 Å². The van der Waals surface area contributed by atoms with E-state index >= 15 is 0 Å². The molecule has 0 aliphatic carbocycles. The second kappa shape index (κ2) is 9.07. The van der Waals surface area contributed by atoms with Crippen LogP contribution in [0.1, 0.15) is 32.5 Å². The Balaban J connectivity index is 2.43. The topological polar surface area (TPSA) is 86.0 Å². The largest absolute Gasteiger partial charge is 0.573 e. The van der Waals surface area contributed by atoms with Crippen LogP contribution in [-0.4, -0.2) is 33.4 Å². The Morgan fingerprint density at radius 3 is 2.28 bits per heavy atom. The highest BCUT2D eigenvalue weighted by Gasteiger charge is 2.32. The van der Waals surface area contributed by atoms with E-state index in [4.69, 9.17) is 40.5 Å². The molecule has 12 heteroatoms. The van der Waals surface area contributed by atoms with Crippen LogP contribution in [0.5, 0.6) is 5.75 Å². The zero-order valence-corrected chi connectivity index (χ0v) is 17.8. The molecular weight excluding hydrogens is 454 g/mol. The van der Waals surface area contributed by atoms with Gasteiger partial charge in [0.25, 0.3) is 0 Å². The lowest BCUT2D eigenvalue weighted by Gasteiger charge is -2.27. The maximum absolute atomic E-state index is 12.5. The molecule has 160 valence electrons. The number of rotatable bonds is 7. The number of hydrogen-bond acceptors (Lipinski definition) is 6. The van der Waals surface area contributed by atoms with Crippen LogP contribution in [0.4, 0.5) is 19.1 Å². The third kappa shape index (κ3) is 7.02. The van der Waals surface area contributed by atoms with Crippen LogP contribution in [0.2, 0.25) is 0 Å². The highest BCUT2D eigenvalue weighted by molar-refractivity contribution is 6.66. The van der Waals surface area contributed by atoms with Crippen molar-refractivity contribution in [2.75, 3.05) is 11.9 Å². The monoisotopic (exact) mass is 471 g/mol. The zero-order valence-electron chi connectivity index (χ0n) is 15.5. The number of aromatic nitrogens is 3. The lowest BCUT2D eigenvalue weighted by molar-refractivity contribution is -0.274. The van der Waals surface area contributed by atoms with E-state index in [2.05, 4.69) is 25.0 Å². The molecule has 0 saturated heterocycles. The summed E-state index contributed by atoms with van der Waals surface area (Å²) in [5.41, 5.74) is 5.97. The van der Waals surface area contributed by atoms with Gasteiger partial charge in [-0.15, -0.1) is 13.2 Å². The summed E-state index contributed by atoms with van der Waals surface area (Å²) in [7, 11) is 0. The Morgan fingerprint density at radius 1 is 1.07 bits per heavy atom. The summed E-state index contributed by atoms with van der Waals surface area (Å²) in [6, 6.07) is 5.13.